The second-order valence-electron chi connectivity index (χ2n) is 4.29. The summed E-state index contributed by atoms with van der Waals surface area (Å²) < 4.78 is 0. The molecule has 3 N–H and O–H groups in total. The van der Waals surface area contributed by atoms with Crippen molar-refractivity contribution in [1.29, 1.82) is 0 Å². The van der Waals surface area contributed by atoms with Crippen LogP contribution in [-0.2, 0) is 11.2 Å². The topological polar surface area (TPSA) is 55.1 Å². The highest BCUT2D eigenvalue weighted by Crippen LogP contribution is 2.07. The molecule has 0 spiro atoms. The van der Waals surface area contributed by atoms with Crippen molar-refractivity contribution in [2.45, 2.75) is 13.3 Å². The first-order valence-electron chi connectivity index (χ1n) is 5.72. The lowest BCUT2D eigenvalue weighted by molar-refractivity contribution is -0.120. The van der Waals surface area contributed by atoms with Gasteiger partial charge in [-0.1, -0.05) is 19.1 Å². The fourth-order valence-electron chi connectivity index (χ4n) is 1.58. The summed E-state index contributed by atoms with van der Waals surface area (Å²) in [6.45, 7) is 2.87. The van der Waals surface area contributed by atoms with Crippen molar-refractivity contribution < 1.29 is 4.79 Å². The molecule has 0 heterocycles. The van der Waals surface area contributed by atoms with Crippen molar-refractivity contribution in [2.24, 2.45) is 5.92 Å². The number of hydrogen-bond acceptors (Lipinski definition) is 3. The van der Waals surface area contributed by atoms with Crippen LogP contribution in [0.5, 0.6) is 0 Å². The van der Waals surface area contributed by atoms with E-state index in [1.54, 1.807) is 11.8 Å². The van der Waals surface area contributed by atoms with Crippen LogP contribution in [0.4, 0.5) is 5.69 Å². The minimum atomic E-state index is 0.0588. The van der Waals surface area contributed by atoms with Crippen molar-refractivity contribution in [1.82, 2.24) is 5.32 Å². The molecule has 1 rings (SSSR count). The first-order valence-corrected chi connectivity index (χ1v) is 7.11. The van der Waals surface area contributed by atoms with Gasteiger partial charge < -0.3 is 11.1 Å². The molecular formula is C13H20N2OS. The van der Waals surface area contributed by atoms with Crippen molar-refractivity contribution in [2.75, 3.05) is 24.3 Å². The molecule has 0 radical (unpaired) electrons. The third-order valence-corrected chi connectivity index (χ3v) is 3.32. The highest BCUT2D eigenvalue weighted by Gasteiger charge is 2.06. The van der Waals surface area contributed by atoms with Crippen LogP contribution in [0.3, 0.4) is 0 Å². The maximum atomic E-state index is 11.7. The Morgan fingerprint density at radius 2 is 2.29 bits per heavy atom. The van der Waals surface area contributed by atoms with Crippen LogP contribution in [0, 0.1) is 5.92 Å². The second-order valence-corrected chi connectivity index (χ2v) is 5.20. The summed E-state index contributed by atoms with van der Waals surface area (Å²) >= 11 is 1.80. The van der Waals surface area contributed by atoms with Crippen LogP contribution in [-0.4, -0.2) is 24.5 Å². The van der Waals surface area contributed by atoms with E-state index in [0.29, 0.717) is 18.0 Å². The highest BCUT2D eigenvalue weighted by molar-refractivity contribution is 7.98. The summed E-state index contributed by atoms with van der Waals surface area (Å²) in [5.41, 5.74) is 7.32. The van der Waals surface area contributed by atoms with E-state index >= 15 is 0 Å². The number of nitrogens with one attached hydrogen (secondary N) is 1. The minimum Gasteiger partial charge on any atom is -0.399 e. The number of amides is 1. The minimum absolute atomic E-state index is 0.0588. The molecule has 4 heteroatoms. The summed E-state index contributed by atoms with van der Waals surface area (Å²) in [6, 6.07) is 7.45. The molecule has 0 aliphatic rings. The molecule has 1 unspecified atom stereocenters. The third kappa shape index (κ3) is 5.63. The predicted molar refractivity (Wildman–Crippen MR) is 75.1 cm³/mol. The Balaban J connectivity index is 2.34. The number of hydrogen-bond donors (Lipinski definition) is 2. The standard InChI is InChI=1S/C13H20N2OS/c1-10(9-17-2)8-15-13(16)7-11-4-3-5-12(14)6-11/h3-6,10H,7-9,14H2,1-2H3,(H,15,16). The van der Waals surface area contributed by atoms with Gasteiger partial charge in [-0.05, 0) is 35.6 Å². The average Bonchev–Trinajstić information content (AvgIpc) is 2.27. The molecule has 94 valence electrons. The number of carbonyl (C=O) groups excluding carboxylic acids is 1. The van der Waals surface area contributed by atoms with Crippen molar-refractivity contribution in [3.63, 3.8) is 0 Å². The number of thioether (sulfide) groups is 1. The van der Waals surface area contributed by atoms with E-state index in [-0.39, 0.29) is 5.91 Å². The van der Waals surface area contributed by atoms with Crippen molar-refractivity contribution in [3.8, 4) is 0 Å². The zero-order chi connectivity index (χ0) is 12.7. The monoisotopic (exact) mass is 252 g/mol. The lowest BCUT2D eigenvalue weighted by atomic mass is 10.1. The molecule has 0 bridgehead atoms. The number of benzene rings is 1. The van der Waals surface area contributed by atoms with Gasteiger partial charge in [0.25, 0.3) is 0 Å². The number of anilines is 1. The normalized spacial score (nSPS) is 12.1. The molecule has 0 saturated carbocycles. The fraction of sp³-hybridized carbons (Fsp3) is 0.462. The summed E-state index contributed by atoms with van der Waals surface area (Å²) in [5, 5.41) is 2.94. The number of nitrogen functional groups attached to an aromatic ring is 1. The SMILES string of the molecule is CSCC(C)CNC(=O)Cc1cccc(N)c1. The Morgan fingerprint density at radius 1 is 1.53 bits per heavy atom. The first kappa shape index (κ1) is 13.9. The van der Waals surface area contributed by atoms with E-state index in [0.717, 1.165) is 17.9 Å². The van der Waals surface area contributed by atoms with Gasteiger partial charge in [0.05, 0.1) is 6.42 Å². The van der Waals surface area contributed by atoms with Crippen molar-refractivity contribution in [3.05, 3.63) is 29.8 Å². The van der Waals surface area contributed by atoms with Gasteiger partial charge in [0.2, 0.25) is 5.91 Å². The lowest BCUT2D eigenvalue weighted by Gasteiger charge is -2.11. The molecule has 0 aliphatic heterocycles. The largest absolute Gasteiger partial charge is 0.399 e. The third-order valence-electron chi connectivity index (χ3n) is 2.41. The quantitative estimate of drug-likeness (QED) is 0.761. The predicted octanol–water partition coefficient (Wildman–Crippen LogP) is 1.93. The molecule has 0 aliphatic carbocycles. The zero-order valence-corrected chi connectivity index (χ0v) is 11.2. The lowest BCUT2D eigenvalue weighted by Crippen LogP contribution is -2.30. The molecule has 0 saturated heterocycles. The van der Waals surface area contributed by atoms with Gasteiger partial charge in [-0.2, -0.15) is 11.8 Å². The molecule has 0 fully saturated rings. The van der Waals surface area contributed by atoms with E-state index in [4.69, 9.17) is 5.73 Å². The van der Waals surface area contributed by atoms with Gasteiger partial charge in [0.15, 0.2) is 0 Å². The van der Waals surface area contributed by atoms with E-state index in [1.165, 1.54) is 0 Å². The second kappa shape index (κ2) is 7.22. The highest BCUT2D eigenvalue weighted by atomic mass is 32.2. The Labute approximate surface area is 107 Å². The van der Waals surface area contributed by atoms with Gasteiger partial charge in [0, 0.05) is 12.2 Å². The summed E-state index contributed by atoms with van der Waals surface area (Å²) in [5.74, 6) is 1.64. The number of carbonyl (C=O) groups is 1. The van der Waals surface area contributed by atoms with E-state index in [2.05, 4.69) is 18.5 Å². The van der Waals surface area contributed by atoms with Crippen molar-refractivity contribution >= 4 is 23.4 Å². The van der Waals surface area contributed by atoms with Crippen LogP contribution in [0.2, 0.25) is 0 Å². The van der Waals surface area contributed by atoms with Crippen LogP contribution in [0.25, 0.3) is 0 Å². The number of nitrogens with two attached hydrogens (primary N) is 1. The van der Waals surface area contributed by atoms with Gasteiger partial charge in [0.1, 0.15) is 0 Å². The van der Waals surface area contributed by atoms with Gasteiger partial charge >= 0.3 is 0 Å². The smallest absolute Gasteiger partial charge is 0.224 e. The maximum Gasteiger partial charge on any atom is 0.224 e. The number of rotatable bonds is 6. The molecular weight excluding hydrogens is 232 g/mol. The van der Waals surface area contributed by atoms with Gasteiger partial charge in [-0.15, -0.1) is 0 Å². The molecule has 1 aromatic rings. The van der Waals surface area contributed by atoms with Crippen LogP contribution in [0.1, 0.15) is 12.5 Å². The Bertz CT molecular complexity index is 368. The molecule has 1 aromatic carbocycles. The van der Waals surface area contributed by atoms with Gasteiger partial charge in [-0.3, -0.25) is 4.79 Å². The maximum absolute atomic E-state index is 11.7. The first-order chi connectivity index (χ1) is 8.11. The molecule has 1 atom stereocenters. The van der Waals surface area contributed by atoms with E-state index < -0.39 is 0 Å². The Hall–Kier alpha value is -1.16. The summed E-state index contributed by atoms with van der Waals surface area (Å²) in [4.78, 5) is 11.7. The molecule has 17 heavy (non-hydrogen) atoms. The zero-order valence-electron chi connectivity index (χ0n) is 10.4. The van der Waals surface area contributed by atoms with E-state index in [9.17, 15) is 4.79 Å². The average molecular weight is 252 g/mol. The van der Waals surface area contributed by atoms with Crippen LogP contribution < -0.4 is 11.1 Å². The summed E-state index contributed by atoms with van der Waals surface area (Å²) in [6.07, 6.45) is 2.47. The Morgan fingerprint density at radius 3 is 2.94 bits per heavy atom. The Kier molecular flexibility index (Phi) is 5.91. The fourth-order valence-corrected chi connectivity index (χ4v) is 2.27. The van der Waals surface area contributed by atoms with Crippen LogP contribution in [0.15, 0.2) is 24.3 Å². The summed E-state index contributed by atoms with van der Waals surface area (Å²) in [7, 11) is 0. The molecule has 1 amide bonds. The molecule has 0 aromatic heterocycles. The van der Waals surface area contributed by atoms with Gasteiger partial charge in [-0.25, -0.2) is 0 Å². The van der Waals surface area contributed by atoms with E-state index in [1.807, 2.05) is 24.3 Å². The molecule has 3 nitrogen and oxygen atoms in total. The van der Waals surface area contributed by atoms with Crippen LogP contribution >= 0.6 is 11.8 Å².